The molecule has 0 heterocycles. The Labute approximate surface area is 429 Å². The highest BCUT2D eigenvalue weighted by molar-refractivity contribution is 6.79. The SMILES string of the molecule is [C-]#[N+]C1(N)CCC(CO[C@H](C)c2cc(C(F)(F)F)cc(C(F)(F)F)c2)(c2ccccc2)CC1.[C-]#[N+]C1(NC(N)=O)CCC(CO[C@H](C)c2cc(C(F)(F)F)cc(C(F)(F)F)c2)(c2ccccc2)CC1.[C-]#[N+][Si](C)(C)C. The molecule has 2 saturated carbocycles. The number of alkyl halides is 12. The van der Waals surface area contributed by atoms with Gasteiger partial charge in [-0.2, -0.15) is 52.7 Å². The van der Waals surface area contributed by atoms with Gasteiger partial charge in [0.15, 0.2) is 0 Å². The number of nitrogens with two attached hydrogens (primary N) is 2. The van der Waals surface area contributed by atoms with Gasteiger partial charge in [0.25, 0.3) is 5.66 Å². The molecule has 4 aromatic carbocycles. The lowest BCUT2D eigenvalue weighted by molar-refractivity contribution is -0.145. The molecule has 0 spiro atoms. The van der Waals surface area contributed by atoms with Crippen molar-refractivity contribution in [3.63, 3.8) is 0 Å². The number of benzene rings is 4. The number of carbonyl (C=O) groups excluding carboxylic acids is 1. The minimum atomic E-state index is -4.96. The zero-order valence-corrected chi connectivity index (χ0v) is 42.7. The maximum absolute atomic E-state index is 13.3. The van der Waals surface area contributed by atoms with E-state index in [4.69, 9.17) is 40.7 Å². The molecule has 4 aromatic rings. The van der Waals surface area contributed by atoms with E-state index in [0.29, 0.717) is 62.8 Å². The van der Waals surface area contributed by atoms with Crippen LogP contribution in [0.2, 0.25) is 19.6 Å². The van der Waals surface area contributed by atoms with E-state index < -0.39 is 95.6 Å². The second kappa shape index (κ2) is 23.8. The second-order valence-electron chi connectivity index (χ2n) is 20.0. The summed E-state index contributed by atoms with van der Waals surface area (Å²) in [5, 5.41) is 2.50. The molecule has 0 aromatic heterocycles. The number of halogens is 12. The van der Waals surface area contributed by atoms with Crippen LogP contribution in [0.3, 0.4) is 0 Å². The predicted molar refractivity (Wildman–Crippen MR) is 260 cm³/mol. The molecule has 2 aliphatic rings. The summed E-state index contributed by atoms with van der Waals surface area (Å²) in [6, 6.07) is 20.6. The summed E-state index contributed by atoms with van der Waals surface area (Å²) in [5.41, 5.74) is 3.75. The number of nitrogens with zero attached hydrogens (tertiary/aromatic N) is 3. The fourth-order valence-electron chi connectivity index (χ4n) is 8.71. The van der Waals surface area contributed by atoms with Crippen LogP contribution < -0.4 is 16.8 Å². The number of hydrogen-bond donors (Lipinski definition) is 3. The van der Waals surface area contributed by atoms with E-state index in [1.165, 1.54) is 13.8 Å². The first-order valence-electron chi connectivity index (χ1n) is 23.5. The molecular formula is C53H58F12N6O3Si. The molecule has 75 heavy (non-hydrogen) atoms. The van der Waals surface area contributed by atoms with E-state index in [-0.39, 0.29) is 49.3 Å². The molecule has 406 valence electrons. The number of primary amides is 1. The monoisotopic (exact) mass is 1080 g/mol. The van der Waals surface area contributed by atoms with Crippen molar-refractivity contribution in [1.29, 1.82) is 0 Å². The van der Waals surface area contributed by atoms with E-state index in [1.54, 1.807) is 12.1 Å². The predicted octanol–water partition coefficient (Wildman–Crippen LogP) is 15.2. The zero-order valence-electron chi connectivity index (χ0n) is 41.7. The van der Waals surface area contributed by atoms with Crippen molar-refractivity contribution < 1.29 is 67.0 Å². The maximum atomic E-state index is 13.3. The first-order valence-corrected chi connectivity index (χ1v) is 26.9. The third-order valence-corrected chi connectivity index (χ3v) is 14.1. The number of ether oxygens (including phenoxy) is 2. The summed E-state index contributed by atoms with van der Waals surface area (Å²) in [7, 11) is -1.34. The Balaban J connectivity index is 0.000000293. The number of nitrogens with one attached hydrogen (secondary N) is 1. The van der Waals surface area contributed by atoms with Crippen molar-refractivity contribution in [3.05, 3.63) is 175 Å². The Kier molecular flexibility index (Phi) is 19.5. The van der Waals surface area contributed by atoms with E-state index in [9.17, 15) is 57.5 Å². The summed E-state index contributed by atoms with van der Waals surface area (Å²) in [4.78, 5) is 18.5. The van der Waals surface area contributed by atoms with Gasteiger partial charge in [0.05, 0.1) is 47.7 Å². The van der Waals surface area contributed by atoms with Crippen LogP contribution in [0, 0.1) is 19.7 Å². The van der Waals surface area contributed by atoms with Crippen molar-refractivity contribution in [2.75, 3.05) is 13.2 Å². The minimum Gasteiger partial charge on any atom is -0.412 e. The van der Waals surface area contributed by atoms with Crippen molar-refractivity contribution in [1.82, 2.24) is 5.32 Å². The van der Waals surface area contributed by atoms with Crippen LogP contribution in [0.25, 0.3) is 14.2 Å². The average Bonchev–Trinajstić information content (AvgIpc) is 3.35. The number of hydrogen-bond acceptors (Lipinski definition) is 4. The van der Waals surface area contributed by atoms with Gasteiger partial charge in [0.1, 0.15) is 0 Å². The molecule has 0 unspecified atom stereocenters. The normalized spacial score (nSPS) is 23.0. The third kappa shape index (κ3) is 16.9. The van der Waals surface area contributed by atoms with Gasteiger partial charge in [0.2, 0.25) is 0 Å². The molecule has 2 aliphatic carbocycles. The standard InChI is InChI=1S/C25H25F6N3O2.C24H24F6N2O.C4H9NSi/c1-16(17-12-19(24(26,27)28)14-20(13-17)25(29,30)31)36-15-22(18-6-4-3-5-7-18)8-10-23(33-2,11-9-22)34-21(32)35;1-16(17-12-19(23(25,26)27)14-20(13-17)24(28,29)30)33-15-21(18-6-4-3-5-7-18)8-10-22(31,32-2)11-9-21;1-5-6(2,3)4/h3-7,12-14,16H,8-11,15H2,1H3,(H3,32,34,35);3-7,12-14,16H,8-11,15,31H2,1H3;2-4H3/t16-,22?,23?;16-,21?,22?;/m11./s1. The maximum Gasteiger partial charge on any atom is 0.433 e. The molecule has 2 fully saturated rings. The van der Waals surface area contributed by atoms with Crippen LogP contribution in [-0.2, 0) is 45.0 Å². The zero-order chi connectivity index (χ0) is 56.5. The molecular weight excluding hydrogens is 1020 g/mol. The van der Waals surface area contributed by atoms with Gasteiger partial charge < -0.3 is 19.7 Å². The summed E-state index contributed by atoms with van der Waals surface area (Å²) in [6.45, 7) is 30.4. The van der Waals surface area contributed by atoms with E-state index in [0.717, 1.165) is 11.1 Å². The molecule has 6 rings (SSSR count). The minimum absolute atomic E-state index is 0.0135. The van der Waals surface area contributed by atoms with Gasteiger partial charge in [-0.25, -0.2) is 17.9 Å². The number of urea groups is 1. The molecule has 9 nitrogen and oxygen atoms in total. The van der Waals surface area contributed by atoms with Gasteiger partial charge in [-0.05, 0) is 98.2 Å². The Morgan fingerprint density at radius 2 is 0.880 bits per heavy atom. The topological polar surface area (TPSA) is 113 Å². The van der Waals surface area contributed by atoms with Crippen LogP contribution >= 0.6 is 0 Å². The van der Waals surface area contributed by atoms with Crippen LogP contribution in [0.1, 0.15) is 122 Å². The van der Waals surface area contributed by atoms with Crippen LogP contribution in [0.4, 0.5) is 57.5 Å². The fourth-order valence-corrected chi connectivity index (χ4v) is 8.71. The second-order valence-corrected chi connectivity index (χ2v) is 24.6. The van der Waals surface area contributed by atoms with Crippen molar-refractivity contribution in [2.45, 2.75) is 144 Å². The summed E-state index contributed by atoms with van der Waals surface area (Å²) in [6.07, 6.45) is -18.8. The smallest absolute Gasteiger partial charge is 0.412 e. The summed E-state index contributed by atoms with van der Waals surface area (Å²) in [5.74, 6) is 0. The molecule has 0 bridgehead atoms. The van der Waals surface area contributed by atoms with Gasteiger partial charge in [-0.1, -0.05) is 60.7 Å². The third-order valence-electron chi connectivity index (χ3n) is 13.4. The molecule has 2 amide bonds. The van der Waals surface area contributed by atoms with E-state index >= 15 is 0 Å². The summed E-state index contributed by atoms with van der Waals surface area (Å²) < 4.78 is 174. The van der Waals surface area contributed by atoms with Crippen LogP contribution in [0.15, 0.2) is 97.1 Å². The van der Waals surface area contributed by atoms with Crippen LogP contribution in [0.5, 0.6) is 0 Å². The van der Waals surface area contributed by atoms with E-state index in [2.05, 4.69) is 19.5 Å². The lowest BCUT2D eigenvalue weighted by Gasteiger charge is -2.41. The Morgan fingerprint density at radius 3 is 1.13 bits per heavy atom. The average molecular weight is 1080 g/mol. The Hall–Kier alpha value is -6.12. The molecule has 0 aliphatic heterocycles. The Morgan fingerprint density at radius 1 is 0.573 bits per heavy atom. The summed E-state index contributed by atoms with van der Waals surface area (Å²) >= 11 is 0. The van der Waals surface area contributed by atoms with Crippen molar-refractivity contribution >= 4 is 14.3 Å². The molecule has 5 N–H and O–H groups in total. The first kappa shape index (κ1) is 61.4. The largest absolute Gasteiger partial charge is 0.433 e. The molecule has 0 saturated heterocycles. The van der Waals surface area contributed by atoms with Crippen LogP contribution in [-0.4, -0.2) is 38.8 Å². The van der Waals surface area contributed by atoms with Gasteiger partial charge in [0, 0.05) is 56.2 Å². The number of rotatable bonds is 11. The lowest BCUT2D eigenvalue weighted by Crippen LogP contribution is -2.53. The highest BCUT2D eigenvalue weighted by Gasteiger charge is 2.50. The highest BCUT2D eigenvalue weighted by atomic mass is 28.3. The Bertz CT molecular complexity index is 2610. The fraction of sp³-hybridized carbons (Fsp3) is 0.472. The quantitative estimate of drug-likeness (QED) is 0.0789. The van der Waals surface area contributed by atoms with Gasteiger partial charge in [-0.3, -0.25) is 27.3 Å². The van der Waals surface area contributed by atoms with E-state index in [1.807, 2.05) is 68.2 Å². The highest BCUT2D eigenvalue weighted by Crippen LogP contribution is 2.47. The van der Waals surface area contributed by atoms with Crippen molar-refractivity contribution in [2.24, 2.45) is 11.5 Å². The number of carbonyl (C=O) groups is 1. The first-order chi connectivity index (χ1) is 34.5. The van der Waals surface area contributed by atoms with Gasteiger partial charge >= 0.3 is 44.6 Å². The molecule has 2 atom stereocenters. The molecule has 22 heteroatoms. The lowest BCUT2D eigenvalue weighted by atomic mass is 9.67. The number of amides is 2. The molecule has 0 radical (unpaired) electrons. The van der Waals surface area contributed by atoms with Crippen molar-refractivity contribution in [3.8, 4) is 0 Å². The van der Waals surface area contributed by atoms with Gasteiger partial charge in [-0.15, -0.1) is 0 Å².